The fourth-order valence-electron chi connectivity index (χ4n) is 2.84. The van der Waals surface area contributed by atoms with Gasteiger partial charge < -0.3 is 0 Å². The Morgan fingerprint density at radius 2 is 2.29 bits per heavy atom. The van der Waals surface area contributed by atoms with Crippen molar-refractivity contribution in [1.82, 2.24) is 9.78 Å². The summed E-state index contributed by atoms with van der Waals surface area (Å²) in [5.41, 5.74) is 5.64. The average Bonchev–Trinajstić information content (AvgIpc) is 2.81. The molecule has 88 valence electrons. The molecule has 2 aromatic heterocycles. The molecule has 3 heteroatoms. The Balaban J connectivity index is 1.79. The molecule has 0 unspecified atom stereocenters. The van der Waals surface area contributed by atoms with E-state index in [-0.39, 0.29) is 0 Å². The minimum Gasteiger partial charge on any atom is -0.268 e. The molecule has 2 nitrogen and oxygen atoms in total. The Morgan fingerprint density at radius 1 is 1.35 bits per heavy atom. The van der Waals surface area contributed by atoms with Gasteiger partial charge in [0.15, 0.2) is 0 Å². The fourth-order valence-corrected chi connectivity index (χ4v) is 3.48. The monoisotopic (exact) mass is 244 g/mol. The number of nitrogens with zero attached hydrogens (tertiary/aromatic N) is 2. The van der Waals surface area contributed by atoms with Crippen LogP contribution in [0.15, 0.2) is 16.8 Å². The van der Waals surface area contributed by atoms with Crippen molar-refractivity contribution in [3.63, 3.8) is 0 Å². The van der Waals surface area contributed by atoms with Crippen molar-refractivity contribution in [3.8, 4) is 11.3 Å². The number of rotatable bonds is 3. The van der Waals surface area contributed by atoms with E-state index in [2.05, 4.69) is 21.5 Å². The second-order valence-electron chi connectivity index (χ2n) is 5.26. The molecule has 0 spiro atoms. The van der Waals surface area contributed by atoms with Crippen molar-refractivity contribution in [2.75, 3.05) is 0 Å². The Morgan fingerprint density at radius 3 is 3.06 bits per heavy atom. The van der Waals surface area contributed by atoms with Gasteiger partial charge in [0.1, 0.15) is 0 Å². The molecule has 0 amide bonds. The van der Waals surface area contributed by atoms with Gasteiger partial charge in [0, 0.05) is 28.7 Å². The highest BCUT2D eigenvalue weighted by atomic mass is 32.1. The maximum Gasteiger partial charge on any atom is 0.0966 e. The van der Waals surface area contributed by atoms with Crippen LogP contribution >= 0.6 is 11.3 Å². The molecule has 0 atom stereocenters. The number of hydrogen-bond donors (Lipinski definition) is 0. The van der Waals surface area contributed by atoms with Crippen LogP contribution in [0.25, 0.3) is 11.3 Å². The van der Waals surface area contributed by atoms with Crippen molar-refractivity contribution in [2.45, 2.75) is 38.6 Å². The maximum absolute atomic E-state index is 4.88. The van der Waals surface area contributed by atoms with Crippen molar-refractivity contribution in [2.24, 2.45) is 5.92 Å². The largest absolute Gasteiger partial charge is 0.268 e. The lowest BCUT2D eigenvalue weighted by molar-refractivity contribution is 0.542. The summed E-state index contributed by atoms with van der Waals surface area (Å²) in [4.78, 5) is 0. The zero-order chi connectivity index (χ0) is 11.2. The third-order valence-corrected chi connectivity index (χ3v) is 4.61. The third-order valence-electron chi connectivity index (χ3n) is 3.93. The molecule has 0 saturated heterocycles. The molecule has 0 aliphatic heterocycles. The molecular weight excluding hydrogens is 228 g/mol. The van der Waals surface area contributed by atoms with E-state index in [9.17, 15) is 0 Å². The number of hydrogen-bond acceptors (Lipinski definition) is 2. The van der Waals surface area contributed by atoms with Crippen LogP contribution in [0.2, 0.25) is 0 Å². The van der Waals surface area contributed by atoms with Gasteiger partial charge >= 0.3 is 0 Å². The first kappa shape index (κ1) is 9.89. The van der Waals surface area contributed by atoms with E-state index in [0.29, 0.717) is 0 Å². The van der Waals surface area contributed by atoms with E-state index in [1.807, 2.05) is 0 Å². The summed E-state index contributed by atoms with van der Waals surface area (Å²) in [6, 6.07) is 2.20. The van der Waals surface area contributed by atoms with Crippen LogP contribution in [0.5, 0.6) is 0 Å². The smallest absolute Gasteiger partial charge is 0.0966 e. The van der Waals surface area contributed by atoms with Gasteiger partial charge in [-0.05, 0) is 49.5 Å². The quantitative estimate of drug-likeness (QED) is 0.808. The van der Waals surface area contributed by atoms with Gasteiger partial charge in [-0.15, -0.1) is 0 Å². The molecule has 1 saturated carbocycles. The van der Waals surface area contributed by atoms with Crippen LogP contribution in [-0.4, -0.2) is 9.78 Å². The highest BCUT2D eigenvalue weighted by Crippen LogP contribution is 2.36. The van der Waals surface area contributed by atoms with Gasteiger partial charge in [0.25, 0.3) is 0 Å². The zero-order valence-electron chi connectivity index (χ0n) is 9.85. The summed E-state index contributed by atoms with van der Waals surface area (Å²) in [6.07, 6.45) is 6.59. The second-order valence-corrected chi connectivity index (χ2v) is 6.04. The highest BCUT2D eigenvalue weighted by Gasteiger charge is 2.28. The Bertz CT molecular complexity index is 535. The van der Waals surface area contributed by atoms with Gasteiger partial charge in [0.2, 0.25) is 0 Å². The lowest BCUT2D eigenvalue weighted by Crippen LogP contribution is -2.05. The summed E-state index contributed by atoms with van der Waals surface area (Å²) in [6.45, 7) is 1.16. The zero-order valence-corrected chi connectivity index (χ0v) is 10.7. The molecule has 0 bridgehead atoms. The van der Waals surface area contributed by atoms with Crippen molar-refractivity contribution in [1.29, 1.82) is 0 Å². The molecule has 1 fully saturated rings. The van der Waals surface area contributed by atoms with E-state index in [4.69, 9.17) is 5.10 Å². The topological polar surface area (TPSA) is 17.8 Å². The van der Waals surface area contributed by atoms with Gasteiger partial charge in [-0.25, -0.2) is 0 Å². The summed E-state index contributed by atoms with van der Waals surface area (Å²) in [5, 5.41) is 9.25. The molecule has 2 aliphatic carbocycles. The van der Waals surface area contributed by atoms with E-state index < -0.39 is 0 Å². The molecule has 2 heterocycles. The SMILES string of the molecule is c1cc(-c2nn(CC3CC3)c3c2CCC3)cs1. The standard InChI is InChI=1S/C14H16N2S/c1-2-12-13(3-1)16(8-10-4-5-10)15-14(12)11-6-7-17-9-11/h6-7,9-10H,1-5,8H2. The maximum atomic E-state index is 4.88. The highest BCUT2D eigenvalue weighted by molar-refractivity contribution is 7.08. The molecule has 2 aromatic rings. The van der Waals surface area contributed by atoms with Crippen LogP contribution in [0.1, 0.15) is 30.5 Å². The summed E-state index contributed by atoms with van der Waals surface area (Å²) in [5.74, 6) is 0.912. The lowest BCUT2D eigenvalue weighted by atomic mass is 10.1. The van der Waals surface area contributed by atoms with Crippen LogP contribution in [0.4, 0.5) is 0 Å². The van der Waals surface area contributed by atoms with Gasteiger partial charge in [-0.3, -0.25) is 4.68 Å². The predicted octanol–water partition coefficient (Wildman–Crippen LogP) is 3.51. The predicted molar refractivity (Wildman–Crippen MR) is 70.3 cm³/mol. The van der Waals surface area contributed by atoms with Gasteiger partial charge in [0.05, 0.1) is 5.69 Å². The van der Waals surface area contributed by atoms with E-state index >= 15 is 0 Å². The molecule has 2 aliphatic rings. The number of fused-ring (bicyclic) bond motifs is 1. The van der Waals surface area contributed by atoms with Crippen molar-refractivity contribution in [3.05, 3.63) is 28.1 Å². The first-order valence-electron chi connectivity index (χ1n) is 6.53. The Labute approximate surface area is 105 Å². The average molecular weight is 244 g/mol. The van der Waals surface area contributed by atoms with Gasteiger partial charge in [-0.1, -0.05) is 0 Å². The second kappa shape index (κ2) is 3.70. The minimum atomic E-state index is 0.912. The summed E-state index contributed by atoms with van der Waals surface area (Å²) < 4.78 is 2.31. The molecule has 0 N–H and O–H groups in total. The molecular formula is C14H16N2S. The van der Waals surface area contributed by atoms with E-state index in [0.717, 1.165) is 12.5 Å². The summed E-state index contributed by atoms with van der Waals surface area (Å²) in [7, 11) is 0. The Kier molecular flexibility index (Phi) is 2.15. The molecule has 0 aromatic carbocycles. The molecule has 4 rings (SSSR count). The normalized spacial score (nSPS) is 18.6. The third kappa shape index (κ3) is 1.64. The van der Waals surface area contributed by atoms with Crippen molar-refractivity contribution < 1.29 is 0 Å². The van der Waals surface area contributed by atoms with Crippen LogP contribution in [0, 0.1) is 5.92 Å². The first-order chi connectivity index (χ1) is 8.42. The van der Waals surface area contributed by atoms with Gasteiger partial charge in [-0.2, -0.15) is 16.4 Å². The minimum absolute atomic E-state index is 0.912. The number of thiophene rings is 1. The van der Waals surface area contributed by atoms with E-state index in [1.54, 1.807) is 11.3 Å². The fraction of sp³-hybridized carbons (Fsp3) is 0.500. The van der Waals surface area contributed by atoms with Crippen LogP contribution in [0.3, 0.4) is 0 Å². The first-order valence-corrected chi connectivity index (χ1v) is 7.47. The van der Waals surface area contributed by atoms with Crippen molar-refractivity contribution >= 4 is 11.3 Å². The summed E-state index contributed by atoms with van der Waals surface area (Å²) >= 11 is 1.77. The van der Waals surface area contributed by atoms with Crippen LogP contribution < -0.4 is 0 Å². The van der Waals surface area contributed by atoms with Crippen LogP contribution in [-0.2, 0) is 19.4 Å². The lowest BCUT2D eigenvalue weighted by Gasteiger charge is -2.03. The number of aromatic nitrogens is 2. The molecule has 17 heavy (non-hydrogen) atoms. The van der Waals surface area contributed by atoms with E-state index in [1.165, 1.54) is 54.6 Å². The molecule has 0 radical (unpaired) electrons. The Hall–Kier alpha value is -1.09.